The number of ether oxygens (including phenoxy) is 1. The highest BCUT2D eigenvalue weighted by Gasteiger charge is 2.24. The molecule has 1 aliphatic rings. The Balaban J connectivity index is 2.10. The Kier molecular flexibility index (Phi) is 9.08. The Hall–Kier alpha value is -0.420. The minimum Gasteiger partial charge on any atom is -0.382 e. The summed E-state index contributed by atoms with van der Waals surface area (Å²) in [6.07, 6.45) is 8.28. The van der Waals surface area contributed by atoms with Crippen LogP contribution in [0.3, 0.4) is 0 Å². The quantitative estimate of drug-likeness (QED) is 0.408. The first-order valence-electron chi connectivity index (χ1n) is 7.37. The highest BCUT2D eigenvalue weighted by molar-refractivity contribution is 7.99. The predicted molar refractivity (Wildman–Crippen MR) is 85.2 cm³/mol. The molecule has 5 heteroatoms. The molecule has 2 N–H and O–H groups in total. The summed E-state index contributed by atoms with van der Waals surface area (Å²) in [6.45, 7) is 4.68. The molecule has 0 aliphatic heterocycles. The summed E-state index contributed by atoms with van der Waals surface area (Å²) in [5, 5.41) is 7.73. The maximum atomic E-state index is 5.32. The average molecular weight is 287 g/mol. The summed E-state index contributed by atoms with van der Waals surface area (Å²) >= 11 is 1.99. The van der Waals surface area contributed by atoms with Gasteiger partial charge in [-0.3, -0.25) is 4.99 Å². The Morgan fingerprint density at radius 1 is 1.37 bits per heavy atom. The van der Waals surface area contributed by atoms with Crippen LogP contribution in [0.1, 0.15) is 39.0 Å². The first kappa shape index (κ1) is 16.6. The van der Waals surface area contributed by atoms with Crippen LogP contribution < -0.4 is 10.6 Å². The van der Waals surface area contributed by atoms with Crippen molar-refractivity contribution >= 4 is 17.7 Å². The molecule has 0 heterocycles. The highest BCUT2D eigenvalue weighted by atomic mass is 32.2. The molecular weight excluding hydrogens is 258 g/mol. The summed E-state index contributed by atoms with van der Waals surface area (Å²) in [4.78, 5) is 4.29. The van der Waals surface area contributed by atoms with Crippen LogP contribution >= 0.6 is 11.8 Å². The summed E-state index contributed by atoms with van der Waals surface area (Å²) < 4.78 is 5.32. The molecule has 1 fully saturated rings. The normalized spacial score (nSPS) is 23.6. The minimum absolute atomic E-state index is 0.590. The molecule has 2 unspecified atom stereocenters. The molecule has 1 aliphatic carbocycles. The Labute approximate surface area is 122 Å². The van der Waals surface area contributed by atoms with Gasteiger partial charge >= 0.3 is 0 Å². The Morgan fingerprint density at radius 2 is 2.21 bits per heavy atom. The minimum atomic E-state index is 0.590. The van der Waals surface area contributed by atoms with E-state index in [1.807, 2.05) is 25.7 Å². The van der Waals surface area contributed by atoms with Gasteiger partial charge in [0.05, 0.1) is 0 Å². The number of hydrogen-bond donors (Lipinski definition) is 2. The molecule has 1 rings (SSSR count). The molecule has 0 bridgehead atoms. The predicted octanol–water partition coefficient (Wildman–Crippen LogP) is 2.25. The fraction of sp³-hybridized carbons (Fsp3) is 0.929. The molecular formula is C14H29N3OS. The molecule has 0 saturated heterocycles. The highest BCUT2D eigenvalue weighted by Crippen LogP contribution is 2.27. The molecule has 0 spiro atoms. The van der Waals surface area contributed by atoms with Crippen molar-refractivity contribution < 1.29 is 4.74 Å². The zero-order valence-corrected chi connectivity index (χ0v) is 13.4. The molecule has 19 heavy (non-hydrogen) atoms. The van der Waals surface area contributed by atoms with Gasteiger partial charge in [-0.05, 0) is 45.3 Å². The van der Waals surface area contributed by atoms with E-state index in [2.05, 4.69) is 21.9 Å². The maximum absolute atomic E-state index is 5.32. The van der Waals surface area contributed by atoms with Crippen molar-refractivity contribution in [2.24, 2.45) is 4.99 Å². The zero-order valence-electron chi connectivity index (χ0n) is 12.6. The topological polar surface area (TPSA) is 45.6 Å². The number of nitrogens with one attached hydrogen (secondary N) is 2. The SMILES string of the molecule is CCOCCCCNC(=NC)NC1CCC(SC)C1. The number of rotatable bonds is 8. The van der Waals surface area contributed by atoms with Gasteiger partial charge in [0.25, 0.3) is 0 Å². The Morgan fingerprint density at radius 3 is 2.84 bits per heavy atom. The largest absolute Gasteiger partial charge is 0.382 e. The van der Waals surface area contributed by atoms with Crippen LogP contribution in [-0.4, -0.2) is 50.3 Å². The van der Waals surface area contributed by atoms with E-state index in [9.17, 15) is 0 Å². The van der Waals surface area contributed by atoms with E-state index in [0.717, 1.165) is 43.8 Å². The monoisotopic (exact) mass is 287 g/mol. The van der Waals surface area contributed by atoms with Crippen molar-refractivity contribution in [1.82, 2.24) is 10.6 Å². The van der Waals surface area contributed by atoms with Crippen molar-refractivity contribution in [2.75, 3.05) is 33.1 Å². The number of thioether (sulfide) groups is 1. The van der Waals surface area contributed by atoms with Gasteiger partial charge in [-0.2, -0.15) is 11.8 Å². The van der Waals surface area contributed by atoms with E-state index in [0.29, 0.717) is 6.04 Å². The smallest absolute Gasteiger partial charge is 0.191 e. The van der Waals surface area contributed by atoms with Gasteiger partial charge in [0.2, 0.25) is 0 Å². The third-order valence-electron chi connectivity index (χ3n) is 3.49. The lowest BCUT2D eigenvalue weighted by Gasteiger charge is -2.17. The van der Waals surface area contributed by atoms with Crippen molar-refractivity contribution in [3.63, 3.8) is 0 Å². The summed E-state index contributed by atoms with van der Waals surface area (Å²) in [6, 6.07) is 0.590. The molecule has 0 aromatic carbocycles. The van der Waals surface area contributed by atoms with Gasteiger partial charge in [-0.25, -0.2) is 0 Å². The van der Waals surface area contributed by atoms with E-state index in [4.69, 9.17) is 4.74 Å². The average Bonchev–Trinajstić information content (AvgIpc) is 2.89. The van der Waals surface area contributed by atoms with Crippen LogP contribution in [0.25, 0.3) is 0 Å². The number of aliphatic imine (C=N–C) groups is 1. The Bertz CT molecular complexity index is 261. The summed E-state index contributed by atoms with van der Waals surface area (Å²) in [7, 11) is 1.84. The first-order chi connectivity index (χ1) is 9.30. The molecule has 112 valence electrons. The van der Waals surface area contributed by atoms with E-state index in [-0.39, 0.29) is 0 Å². The van der Waals surface area contributed by atoms with Crippen LogP contribution in [-0.2, 0) is 4.74 Å². The van der Waals surface area contributed by atoms with Crippen LogP contribution in [0.4, 0.5) is 0 Å². The molecule has 0 radical (unpaired) electrons. The van der Waals surface area contributed by atoms with Gasteiger partial charge in [0, 0.05) is 38.1 Å². The third-order valence-corrected chi connectivity index (χ3v) is 4.59. The van der Waals surface area contributed by atoms with Crippen molar-refractivity contribution in [2.45, 2.75) is 50.3 Å². The van der Waals surface area contributed by atoms with E-state index >= 15 is 0 Å². The fourth-order valence-electron chi connectivity index (χ4n) is 2.35. The lowest BCUT2D eigenvalue weighted by molar-refractivity contribution is 0.143. The molecule has 1 saturated carbocycles. The van der Waals surface area contributed by atoms with Crippen molar-refractivity contribution in [3.05, 3.63) is 0 Å². The van der Waals surface area contributed by atoms with Gasteiger partial charge in [0.1, 0.15) is 0 Å². The second-order valence-electron chi connectivity index (χ2n) is 4.92. The third kappa shape index (κ3) is 7.06. The van der Waals surface area contributed by atoms with Gasteiger partial charge < -0.3 is 15.4 Å². The molecule has 4 nitrogen and oxygen atoms in total. The lowest BCUT2D eigenvalue weighted by atomic mass is 10.2. The van der Waals surface area contributed by atoms with Gasteiger partial charge in [-0.1, -0.05) is 0 Å². The first-order valence-corrected chi connectivity index (χ1v) is 8.66. The van der Waals surface area contributed by atoms with E-state index in [1.54, 1.807) is 0 Å². The summed E-state index contributed by atoms with van der Waals surface area (Å²) in [5.41, 5.74) is 0. The number of guanidine groups is 1. The van der Waals surface area contributed by atoms with Gasteiger partial charge in [-0.15, -0.1) is 0 Å². The van der Waals surface area contributed by atoms with Crippen LogP contribution in [0, 0.1) is 0 Å². The van der Waals surface area contributed by atoms with E-state index in [1.165, 1.54) is 19.3 Å². The summed E-state index contributed by atoms with van der Waals surface area (Å²) in [5.74, 6) is 0.947. The molecule has 0 amide bonds. The van der Waals surface area contributed by atoms with E-state index < -0.39 is 0 Å². The number of nitrogens with zero attached hydrogens (tertiary/aromatic N) is 1. The van der Waals surface area contributed by atoms with Gasteiger partial charge in [0.15, 0.2) is 5.96 Å². The zero-order chi connectivity index (χ0) is 13.9. The van der Waals surface area contributed by atoms with Crippen LogP contribution in [0.15, 0.2) is 4.99 Å². The second kappa shape index (κ2) is 10.4. The molecule has 0 aromatic heterocycles. The fourth-order valence-corrected chi connectivity index (χ4v) is 3.15. The van der Waals surface area contributed by atoms with Crippen molar-refractivity contribution in [3.8, 4) is 0 Å². The maximum Gasteiger partial charge on any atom is 0.191 e. The molecule has 0 aromatic rings. The van der Waals surface area contributed by atoms with Crippen LogP contribution in [0.5, 0.6) is 0 Å². The number of hydrogen-bond acceptors (Lipinski definition) is 3. The second-order valence-corrected chi connectivity index (χ2v) is 6.05. The van der Waals surface area contributed by atoms with Crippen molar-refractivity contribution in [1.29, 1.82) is 0 Å². The lowest BCUT2D eigenvalue weighted by Crippen LogP contribution is -2.42. The number of unbranched alkanes of at least 4 members (excludes halogenated alkanes) is 1. The standard InChI is InChI=1S/C14H29N3OS/c1-4-18-10-6-5-9-16-14(15-2)17-12-7-8-13(11-12)19-3/h12-13H,4-11H2,1-3H3,(H2,15,16,17). The van der Waals surface area contributed by atoms with Crippen LogP contribution in [0.2, 0.25) is 0 Å². The molecule has 2 atom stereocenters.